The van der Waals surface area contributed by atoms with Crippen molar-refractivity contribution in [2.24, 2.45) is 0 Å². The van der Waals surface area contributed by atoms with E-state index in [1.165, 1.54) is 12.1 Å². The Morgan fingerprint density at radius 2 is 1.87 bits per heavy atom. The van der Waals surface area contributed by atoms with Crippen molar-refractivity contribution in [3.8, 4) is 0 Å². The molecule has 0 atom stereocenters. The summed E-state index contributed by atoms with van der Waals surface area (Å²) in [7, 11) is -2.76. The molecule has 0 spiro atoms. The highest BCUT2D eigenvalue weighted by molar-refractivity contribution is 7.92. The lowest BCUT2D eigenvalue weighted by molar-refractivity contribution is 0.511. The van der Waals surface area contributed by atoms with Crippen LogP contribution in [0.1, 0.15) is 5.56 Å². The molecule has 2 rings (SSSR count). The molecule has 1 aliphatic rings. The Bertz CT molecular complexity index is 429. The summed E-state index contributed by atoms with van der Waals surface area (Å²) < 4.78 is 34.3. The van der Waals surface area contributed by atoms with Crippen molar-refractivity contribution in [2.45, 2.75) is 12.6 Å². The Kier molecular flexibility index (Phi) is 2.75. The maximum atomic E-state index is 12.6. The molecule has 3 nitrogen and oxygen atoms in total. The van der Waals surface area contributed by atoms with Crippen LogP contribution >= 0.6 is 0 Å². The van der Waals surface area contributed by atoms with Gasteiger partial charge in [-0.25, -0.2) is 12.8 Å². The van der Waals surface area contributed by atoms with Gasteiger partial charge in [-0.3, -0.25) is 0 Å². The third-order valence-corrected chi connectivity index (χ3v) is 4.24. The van der Waals surface area contributed by atoms with E-state index in [2.05, 4.69) is 5.32 Å². The van der Waals surface area contributed by atoms with Crippen molar-refractivity contribution in [3.05, 3.63) is 35.6 Å². The van der Waals surface area contributed by atoms with Crippen LogP contribution in [0.2, 0.25) is 0 Å². The summed E-state index contributed by atoms with van der Waals surface area (Å²) in [5.74, 6) is 0.174. The summed E-state index contributed by atoms with van der Waals surface area (Å²) in [6.45, 7) is 0.584. The molecule has 1 aromatic rings. The van der Waals surface area contributed by atoms with Crippen LogP contribution in [0.4, 0.5) is 4.39 Å². The van der Waals surface area contributed by atoms with Gasteiger partial charge in [0.05, 0.1) is 11.5 Å². The van der Waals surface area contributed by atoms with E-state index in [1.54, 1.807) is 12.1 Å². The second kappa shape index (κ2) is 3.90. The van der Waals surface area contributed by atoms with Crippen molar-refractivity contribution >= 4 is 9.84 Å². The number of hydrogen-bond donors (Lipinski definition) is 1. The minimum absolute atomic E-state index is 0.0556. The molecule has 1 aliphatic heterocycles. The predicted octanol–water partition coefficient (Wildman–Crippen LogP) is 0.712. The Morgan fingerprint density at radius 3 is 2.40 bits per heavy atom. The molecule has 1 heterocycles. The fourth-order valence-corrected chi connectivity index (χ4v) is 2.91. The van der Waals surface area contributed by atoms with Crippen LogP contribution in [-0.4, -0.2) is 26.0 Å². The first-order chi connectivity index (χ1) is 7.05. The van der Waals surface area contributed by atoms with Crippen LogP contribution in [0.5, 0.6) is 0 Å². The standard InChI is InChI=1S/C10H12FNO2S/c11-9-3-1-8(2-4-9)5-12-10-6-15(13,14)7-10/h1-4,10,12H,5-7H2. The van der Waals surface area contributed by atoms with E-state index >= 15 is 0 Å². The van der Waals surface area contributed by atoms with Gasteiger partial charge in [0.2, 0.25) is 0 Å². The number of halogens is 1. The Hall–Kier alpha value is -0.940. The third-order valence-electron chi connectivity index (χ3n) is 2.42. The number of sulfone groups is 1. The maximum absolute atomic E-state index is 12.6. The first-order valence-corrected chi connectivity index (χ1v) is 6.55. The van der Waals surface area contributed by atoms with Gasteiger partial charge in [-0.1, -0.05) is 12.1 Å². The Balaban J connectivity index is 1.82. The summed E-state index contributed by atoms with van der Waals surface area (Å²) in [5.41, 5.74) is 0.959. The average molecular weight is 229 g/mol. The van der Waals surface area contributed by atoms with Gasteiger partial charge in [0.15, 0.2) is 9.84 Å². The van der Waals surface area contributed by atoms with Gasteiger partial charge >= 0.3 is 0 Å². The topological polar surface area (TPSA) is 46.2 Å². The molecule has 0 amide bonds. The van der Waals surface area contributed by atoms with Crippen molar-refractivity contribution in [1.29, 1.82) is 0 Å². The van der Waals surface area contributed by atoms with E-state index in [0.29, 0.717) is 6.54 Å². The summed E-state index contributed by atoms with van der Waals surface area (Å²) in [5, 5.41) is 3.11. The average Bonchev–Trinajstić information content (AvgIpc) is 2.14. The van der Waals surface area contributed by atoms with Gasteiger partial charge in [0, 0.05) is 12.6 Å². The quantitative estimate of drug-likeness (QED) is 0.830. The highest BCUT2D eigenvalue weighted by Gasteiger charge is 2.32. The van der Waals surface area contributed by atoms with Gasteiger partial charge < -0.3 is 5.32 Å². The zero-order valence-corrected chi connectivity index (χ0v) is 8.93. The van der Waals surface area contributed by atoms with Crippen LogP contribution in [0.15, 0.2) is 24.3 Å². The Labute approximate surface area is 88.2 Å². The molecule has 0 saturated carbocycles. The molecule has 82 valence electrons. The largest absolute Gasteiger partial charge is 0.308 e. The maximum Gasteiger partial charge on any atom is 0.153 e. The van der Waals surface area contributed by atoms with Crippen molar-refractivity contribution in [2.75, 3.05) is 11.5 Å². The normalized spacial score (nSPS) is 19.8. The molecule has 0 unspecified atom stereocenters. The summed E-state index contributed by atoms with van der Waals surface area (Å²) >= 11 is 0. The molecule has 1 saturated heterocycles. The van der Waals surface area contributed by atoms with Crippen molar-refractivity contribution in [1.82, 2.24) is 5.32 Å². The van der Waals surface area contributed by atoms with E-state index < -0.39 is 9.84 Å². The monoisotopic (exact) mass is 229 g/mol. The third kappa shape index (κ3) is 2.76. The molecule has 1 N–H and O–H groups in total. The molecule has 1 aromatic carbocycles. The van der Waals surface area contributed by atoms with Crippen LogP contribution in [0.3, 0.4) is 0 Å². The number of rotatable bonds is 3. The minimum atomic E-state index is -2.76. The smallest absolute Gasteiger partial charge is 0.153 e. The molecule has 15 heavy (non-hydrogen) atoms. The fourth-order valence-electron chi connectivity index (χ4n) is 1.55. The lowest BCUT2D eigenvalue weighted by atomic mass is 10.2. The van der Waals surface area contributed by atoms with E-state index in [-0.39, 0.29) is 23.4 Å². The zero-order chi connectivity index (χ0) is 10.9. The lowest BCUT2D eigenvalue weighted by Gasteiger charge is -2.26. The second-order valence-corrected chi connectivity index (χ2v) is 5.94. The summed E-state index contributed by atoms with van der Waals surface area (Å²) in [6.07, 6.45) is 0. The first-order valence-electron chi connectivity index (χ1n) is 4.73. The van der Waals surface area contributed by atoms with E-state index in [9.17, 15) is 12.8 Å². The van der Waals surface area contributed by atoms with Crippen molar-refractivity contribution < 1.29 is 12.8 Å². The minimum Gasteiger partial charge on any atom is -0.308 e. The van der Waals surface area contributed by atoms with Crippen molar-refractivity contribution in [3.63, 3.8) is 0 Å². The SMILES string of the molecule is O=S1(=O)CC(NCc2ccc(F)cc2)C1. The van der Waals surface area contributed by atoms with Crippen LogP contribution in [0.25, 0.3) is 0 Å². The highest BCUT2D eigenvalue weighted by Crippen LogP contribution is 2.11. The molecular weight excluding hydrogens is 217 g/mol. The van der Waals surface area contributed by atoms with Gasteiger partial charge in [-0.15, -0.1) is 0 Å². The predicted molar refractivity (Wildman–Crippen MR) is 55.7 cm³/mol. The Morgan fingerprint density at radius 1 is 1.27 bits per heavy atom. The first kappa shape index (κ1) is 10.6. The van der Waals surface area contributed by atoms with E-state index in [1.807, 2.05) is 0 Å². The van der Waals surface area contributed by atoms with Gasteiger partial charge in [-0.05, 0) is 17.7 Å². The summed E-state index contributed by atoms with van der Waals surface area (Å²) in [4.78, 5) is 0. The van der Waals surface area contributed by atoms with Crippen LogP contribution in [-0.2, 0) is 16.4 Å². The van der Waals surface area contributed by atoms with Gasteiger partial charge in [-0.2, -0.15) is 0 Å². The number of nitrogens with one attached hydrogen (secondary N) is 1. The summed E-state index contributed by atoms with van der Waals surface area (Å²) in [6, 6.07) is 6.23. The molecular formula is C10H12FNO2S. The van der Waals surface area contributed by atoms with Crippen LogP contribution < -0.4 is 5.32 Å². The molecule has 0 aromatic heterocycles. The molecule has 5 heteroatoms. The van der Waals surface area contributed by atoms with E-state index in [0.717, 1.165) is 5.56 Å². The molecule has 1 fully saturated rings. The molecule has 0 aliphatic carbocycles. The van der Waals surface area contributed by atoms with Gasteiger partial charge in [0.1, 0.15) is 5.82 Å². The van der Waals surface area contributed by atoms with Crippen LogP contribution in [0, 0.1) is 5.82 Å². The second-order valence-electron chi connectivity index (χ2n) is 3.78. The highest BCUT2D eigenvalue weighted by atomic mass is 32.2. The number of hydrogen-bond acceptors (Lipinski definition) is 3. The van der Waals surface area contributed by atoms with Gasteiger partial charge in [0.25, 0.3) is 0 Å². The fraction of sp³-hybridized carbons (Fsp3) is 0.400. The molecule has 0 bridgehead atoms. The number of benzene rings is 1. The lowest BCUT2D eigenvalue weighted by Crippen LogP contribution is -2.50. The molecule has 0 radical (unpaired) electrons. The zero-order valence-electron chi connectivity index (χ0n) is 8.11. The van der Waals surface area contributed by atoms with E-state index in [4.69, 9.17) is 0 Å².